The van der Waals surface area contributed by atoms with Crippen LogP contribution in [0.15, 0.2) is 11.0 Å². The van der Waals surface area contributed by atoms with Gasteiger partial charge < -0.3 is 10.7 Å². The molecule has 1 fully saturated rings. The first kappa shape index (κ1) is 8.03. The summed E-state index contributed by atoms with van der Waals surface area (Å²) in [6, 6.07) is 0. The zero-order valence-corrected chi connectivity index (χ0v) is 7.18. The van der Waals surface area contributed by atoms with Crippen LogP contribution < -0.4 is 16.3 Å². The van der Waals surface area contributed by atoms with Gasteiger partial charge in [-0.1, -0.05) is 0 Å². The highest BCUT2D eigenvalue weighted by molar-refractivity contribution is 5.30. The van der Waals surface area contributed by atoms with E-state index in [1.807, 2.05) is 4.90 Å². The molecule has 2 rings (SSSR count). The fourth-order valence-corrected chi connectivity index (χ4v) is 1.47. The highest BCUT2D eigenvalue weighted by Gasteiger charge is 2.16. The van der Waals surface area contributed by atoms with Crippen LogP contribution in [0.5, 0.6) is 0 Å². The van der Waals surface area contributed by atoms with Gasteiger partial charge in [-0.2, -0.15) is 4.68 Å². The Kier molecular flexibility index (Phi) is 1.88. The zero-order valence-electron chi connectivity index (χ0n) is 7.18. The first-order valence-corrected chi connectivity index (χ1v) is 4.24. The van der Waals surface area contributed by atoms with E-state index in [4.69, 9.17) is 5.84 Å². The lowest BCUT2D eigenvalue weighted by molar-refractivity contribution is 0.760. The summed E-state index contributed by atoms with van der Waals surface area (Å²) in [4.78, 5) is 13.1. The van der Waals surface area contributed by atoms with E-state index >= 15 is 0 Å². The second kappa shape index (κ2) is 3.04. The van der Waals surface area contributed by atoms with Gasteiger partial charge in [0.2, 0.25) is 5.95 Å². The number of nitrogens with zero attached hydrogens (tertiary/aromatic N) is 4. The van der Waals surface area contributed by atoms with Crippen molar-refractivity contribution >= 4 is 5.95 Å². The van der Waals surface area contributed by atoms with E-state index in [1.165, 1.54) is 0 Å². The molecule has 1 aromatic heterocycles. The maximum absolute atomic E-state index is 11.1. The lowest BCUT2D eigenvalue weighted by Crippen LogP contribution is -2.35. The van der Waals surface area contributed by atoms with Gasteiger partial charge in [0.15, 0.2) is 0 Å². The third-order valence-corrected chi connectivity index (χ3v) is 2.16. The average Bonchev–Trinajstić information content (AvgIpc) is 2.62. The fourth-order valence-electron chi connectivity index (χ4n) is 1.47. The molecule has 0 unspecified atom stereocenters. The van der Waals surface area contributed by atoms with Gasteiger partial charge >= 0.3 is 0 Å². The van der Waals surface area contributed by atoms with Crippen molar-refractivity contribution in [2.24, 2.45) is 0 Å². The molecule has 0 atom stereocenters. The molecule has 0 radical (unpaired) electrons. The maximum atomic E-state index is 11.1. The van der Waals surface area contributed by atoms with Crippen molar-refractivity contribution in [1.82, 2.24) is 14.9 Å². The monoisotopic (exact) mass is 181 g/mol. The number of nitrogens with two attached hydrogens (primary N) is 1. The van der Waals surface area contributed by atoms with Crippen LogP contribution in [0.25, 0.3) is 0 Å². The molecule has 70 valence electrons. The molecule has 0 aromatic carbocycles. The second-order valence-electron chi connectivity index (χ2n) is 3.05. The average molecular weight is 181 g/mol. The topological polar surface area (TPSA) is 77.0 Å². The van der Waals surface area contributed by atoms with Crippen molar-refractivity contribution < 1.29 is 0 Å². The summed E-state index contributed by atoms with van der Waals surface area (Å²) in [7, 11) is 0. The molecule has 0 spiro atoms. The van der Waals surface area contributed by atoms with E-state index in [0.717, 1.165) is 36.8 Å². The van der Waals surface area contributed by atoms with Crippen molar-refractivity contribution in [2.45, 2.75) is 12.8 Å². The molecule has 6 nitrogen and oxygen atoms in total. The summed E-state index contributed by atoms with van der Waals surface area (Å²) < 4.78 is 1.04. The predicted molar refractivity (Wildman–Crippen MR) is 47.9 cm³/mol. The standard InChI is InChI=1S/C7H11N5O/c8-12-6(13)5-9-10-7(12)11-3-1-2-4-11/h5H,1-4,8H2. The van der Waals surface area contributed by atoms with Crippen molar-refractivity contribution in [3.05, 3.63) is 16.6 Å². The first-order chi connectivity index (χ1) is 6.29. The van der Waals surface area contributed by atoms with Gasteiger partial charge in [0.05, 0.1) is 0 Å². The second-order valence-corrected chi connectivity index (χ2v) is 3.05. The quantitative estimate of drug-likeness (QED) is 0.559. The Hall–Kier alpha value is -1.59. The smallest absolute Gasteiger partial charge is 0.292 e. The van der Waals surface area contributed by atoms with Gasteiger partial charge in [-0.25, -0.2) is 0 Å². The number of rotatable bonds is 1. The molecular weight excluding hydrogens is 170 g/mol. The van der Waals surface area contributed by atoms with E-state index in [-0.39, 0.29) is 5.56 Å². The van der Waals surface area contributed by atoms with Crippen LogP contribution in [-0.2, 0) is 0 Å². The minimum absolute atomic E-state index is 0.322. The van der Waals surface area contributed by atoms with Crippen LogP contribution in [0.4, 0.5) is 5.95 Å². The molecule has 0 aliphatic carbocycles. The van der Waals surface area contributed by atoms with Crippen LogP contribution in [0.1, 0.15) is 12.8 Å². The van der Waals surface area contributed by atoms with Crippen molar-refractivity contribution in [3.63, 3.8) is 0 Å². The minimum atomic E-state index is -0.322. The van der Waals surface area contributed by atoms with Crippen LogP contribution in [0.2, 0.25) is 0 Å². The highest BCUT2D eigenvalue weighted by atomic mass is 16.1. The Morgan fingerprint density at radius 2 is 2.08 bits per heavy atom. The van der Waals surface area contributed by atoms with Gasteiger partial charge in [-0.05, 0) is 12.8 Å². The zero-order chi connectivity index (χ0) is 9.26. The summed E-state index contributed by atoms with van der Waals surface area (Å²) in [5, 5.41) is 7.42. The molecular formula is C7H11N5O. The predicted octanol–water partition coefficient (Wildman–Crippen LogP) is -1.05. The lowest BCUT2D eigenvalue weighted by atomic mass is 10.4. The molecule has 1 aliphatic rings. The summed E-state index contributed by atoms with van der Waals surface area (Å²) in [6.45, 7) is 1.80. The van der Waals surface area contributed by atoms with Crippen molar-refractivity contribution in [3.8, 4) is 0 Å². The highest BCUT2D eigenvalue weighted by Crippen LogP contribution is 2.13. The largest absolute Gasteiger partial charge is 0.339 e. The first-order valence-electron chi connectivity index (χ1n) is 4.24. The number of hydrogen-bond donors (Lipinski definition) is 1. The van der Waals surface area contributed by atoms with Gasteiger partial charge in [-0.3, -0.25) is 4.79 Å². The molecule has 13 heavy (non-hydrogen) atoms. The Morgan fingerprint density at radius 3 is 2.77 bits per heavy atom. The summed E-state index contributed by atoms with van der Waals surface area (Å²) >= 11 is 0. The molecule has 1 saturated heterocycles. The summed E-state index contributed by atoms with van der Waals surface area (Å²) in [5.41, 5.74) is -0.322. The van der Waals surface area contributed by atoms with Gasteiger partial charge in [0.1, 0.15) is 6.20 Å². The molecule has 2 heterocycles. The van der Waals surface area contributed by atoms with Crippen LogP contribution in [-0.4, -0.2) is 28.0 Å². The SMILES string of the molecule is Nn1c(N2CCCC2)nncc1=O. The normalized spacial score (nSPS) is 16.5. The van der Waals surface area contributed by atoms with Crippen molar-refractivity contribution in [2.75, 3.05) is 23.8 Å². The molecule has 6 heteroatoms. The molecule has 1 aromatic rings. The molecule has 0 saturated carbocycles. The number of aromatic nitrogens is 3. The van der Waals surface area contributed by atoms with E-state index in [2.05, 4.69) is 10.2 Å². The maximum Gasteiger partial charge on any atom is 0.292 e. The molecule has 1 aliphatic heterocycles. The Morgan fingerprint density at radius 1 is 1.38 bits per heavy atom. The number of nitrogen functional groups attached to an aromatic ring is 1. The third-order valence-electron chi connectivity index (χ3n) is 2.16. The van der Waals surface area contributed by atoms with Crippen LogP contribution >= 0.6 is 0 Å². The van der Waals surface area contributed by atoms with E-state index in [0.29, 0.717) is 5.95 Å². The van der Waals surface area contributed by atoms with E-state index < -0.39 is 0 Å². The summed E-state index contributed by atoms with van der Waals surface area (Å²) in [5.74, 6) is 5.99. The molecule has 2 N–H and O–H groups in total. The molecule has 0 amide bonds. The van der Waals surface area contributed by atoms with E-state index in [1.54, 1.807) is 0 Å². The Labute approximate surface area is 75.0 Å². The summed E-state index contributed by atoms with van der Waals surface area (Å²) in [6.07, 6.45) is 3.34. The number of anilines is 1. The van der Waals surface area contributed by atoms with Crippen molar-refractivity contribution in [1.29, 1.82) is 0 Å². The van der Waals surface area contributed by atoms with Gasteiger partial charge in [0, 0.05) is 13.1 Å². The van der Waals surface area contributed by atoms with Crippen LogP contribution in [0.3, 0.4) is 0 Å². The Balaban J connectivity index is 2.39. The Bertz CT molecular complexity index is 354. The third kappa shape index (κ3) is 1.34. The number of hydrogen-bond acceptors (Lipinski definition) is 5. The van der Waals surface area contributed by atoms with Gasteiger partial charge in [0.25, 0.3) is 5.56 Å². The lowest BCUT2D eigenvalue weighted by Gasteiger charge is -2.16. The van der Waals surface area contributed by atoms with Crippen LogP contribution in [0, 0.1) is 0 Å². The fraction of sp³-hybridized carbons (Fsp3) is 0.571. The van der Waals surface area contributed by atoms with E-state index in [9.17, 15) is 4.79 Å². The molecule has 0 bridgehead atoms. The van der Waals surface area contributed by atoms with Gasteiger partial charge in [-0.15, -0.1) is 10.2 Å². The minimum Gasteiger partial charge on any atom is -0.339 e.